The smallest absolute Gasteiger partial charge is 0.305 e. The molecule has 0 radical (unpaired) electrons. The number of carbonyl (C=O) groups is 1. The van der Waals surface area contributed by atoms with E-state index in [1.54, 1.807) is 0 Å². The lowest BCUT2D eigenvalue weighted by Gasteiger charge is -2.31. The van der Waals surface area contributed by atoms with Crippen LogP contribution >= 0.6 is 0 Å². The van der Waals surface area contributed by atoms with Gasteiger partial charge in [0.1, 0.15) is 0 Å². The predicted molar refractivity (Wildman–Crippen MR) is 73.6 cm³/mol. The van der Waals surface area contributed by atoms with Crippen LogP contribution in [0.1, 0.15) is 45.4 Å². The number of piperidine rings is 1. The number of nitrogens with zero attached hydrogens (tertiary/aromatic N) is 1. The Morgan fingerprint density at radius 2 is 2.22 bits per heavy atom. The van der Waals surface area contributed by atoms with Crippen LogP contribution in [0.2, 0.25) is 0 Å². The van der Waals surface area contributed by atoms with E-state index in [1.807, 2.05) is 6.92 Å². The molecule has 0 saturated carbocycles. The summed E-state index contributed by atoms with van der Waals surface area (Å²) >= 11 is 0. The zero-order valence-corrected chi connectivity index (χ0v) is 11.9. The second-order valence-corrected chi connectivity index (χ2v) is 5.10. The molecular formula is C14H28N2O2. The van der Waals surface area contributed by atoms with Gasteiger partial charge in [-0.05, 0) is 52.7 Å². The fourth-order valence-electron chi connectivity index (χ4n) is 2.43. The van der Waals surface area contributed by atoms with Gasteiger partial charge in [0.25, 0.3) is 0 Å². The van der Waals surface area contributed by atoms with Crippen LogP contribution in [-0.4, -0.2) is 50.2 Å². The third kappa shape index (κ3) is 6.36. The summed E-state index contributed by atoms with van der Waals surface area (Å²) in [5, 5.41) is 3.44. The van der Waals surface area contributed by atoms with E-state index in [1.165, 1.54) is 25.8 Å². The summed E-state index contributed by atoms with van der Waals surface area (Å²) in [6.07, 6.45) is 6.41. The largest absolute Gasteiger partial charge is 0.466 e. The molecule has 1 fully saturated rings. The molecule has 0 aromatic rings. The minimum absolute atomic E-state index is 0.0534. The minimum Gasteiger partial charge on any atom is -0.466 e. The lowest BCUT2D eigenvalue weighted by atomic mass is 10.1. The SMILES string of the molecule is CCOC(=O)CCCCCN(C)C1CCCNC1. The summed E-state index contributed by atoms with van der Waals surface area (Å²) in [5.41, 5.74) is 0. The fraction of sp³-hybridized carbons (Fsp3) is 0.929. The van der Waals surface area contributed by atoms with Gasteiger partial charge in [0.15, 0.2) is 0 Å². The normalized spacial score (nSPS) is 20.1. The maximum Gasteiger partial charge on any atom is 0.305 e. The first kappa shape index (κ1) is 15.4. The van der Waals surface area contributed by atoms with E-state index in [0.717, 1.165) is 25.9 Å². The van der Waals surface area contributed by atoms with E-state index in [9.17, 15) is 4.79 Å². The first-order chi connectivity index (χ1) is 8.74. The number of unbranched alkanes of at least 4 members (excludes halogenated alkanes) is 2. The highest BCUT2D eigenvalue weighted by Gasteiger charge is 2.16. The van der Waals surface area contributed by atoms with Crippen LogP contribution in [0, 0.1) is 0 Å². The van der Waals surface area contributed by atoms with Gasteiger partial charge in [-0.15, -0.1) is 0 Å². The molecule has 1 heterocycles. The zero-order chi connectivity index (χ0) is 13.2. The topological polar surface area (TPSA) is 41.6 Å². The third-order valence-corrected chi connectivity index (χ3v) is 3.59. The predicted octanol–water partition coefficient (Wildman–Crippen LogP) is 1.79. The average molecular weight is 256 g/mol. The van der Waals surface area contributed by atoms with Crippen molar-refractivity contribution < 1.29 is 9.53 Å². The van der Waals surface area contributed by atoms with Crippen molar-refractivity contribution in [3.8, 4) is 0 Å². The number of likely N-dealkylation sites (N-methyl/N-ethyl adjacent to an activating group) is 1. The highest BCUT2D eigenvalue weighted by Crippen LogP contribution is 2.10. The third-order valence-electron chi connectivity index (χ3n) is 3.59. The molecule has 18 heavy (non-hydrogen) atoms. The van der Waals surface area contributed by atoms with Crippen LogP contribution < -0.4 is 5.32 Å². The molecular weight excluding hydrogens is 228 g/mol. The first-order valence-corrected chi connectivity index (χ1v) is 7.30. The van der Waals surface area contributed by atoms with Crippen molar-refractivity contribution in [2.24, 2.45) is 0 Å². The average Bonchev–Trinajstić information content (AvgIpc) is 2.39. The van der Waals surface area contributed by atoms with Crippen molar-refractivity contribution in [3.05, 3.63) is 0 Å². The maximum absolute atomic E-state index is 11.1. The molecule has 0 spiro atoms. The standard InChI is InChI=1S/C14H28N2O2/c1-3-18-14(17)9-5-4-6-11-16(2)13-8-7-10-15-12-13/h13,15H,3-12H2,1-2H3. The van der Waals surface area contributed by atoms with Gasteiger partial charge in [-0.3, -0.25) is 4.79 Å². The van der Waals surface area contributed by atoms with E-state index in [0.29, 0.717) is 19.1 Å². The molecule has 0 amide bonds. The highest BCUT2D eigenvalue weighted by molar-refractivity contribution is 5.69. The first-order valence-electron chi connectivity index (χ1n) is 7.30. The molecule has 1 atom stereocenters. The van der Waals surface area contributed by atoms with E-state index in [2.05, 4.69) is 17.3 Å². The lowest BCUT2D eigenvalue weighted by Crippen LogP contribution is -2.44. The second kappa shape index (κ2) is 9.34. The molecule has 4 nitrogen and oxygen atoms in total. The van der Waals surface area contributed by atoms with Crippen LogP contribution in [0.5, 0.6) is 0 Å². The maximum atomic E-state index is 11.1. The number of hydrogen-bond donors (Lipinski definition) is 1. The molecule has 0 aromatic carbocycles. The second-order valence-electron chi connectivity index (χ2n) is 5.10. The van der Waals surface area contributed by atoms with Gasteiger partial charge in [-0.1, -0.05) is 6.42 Å². The van der Waals surface area contributed by atoms with Crippen molar-refractivity contribution in [3.63, 3.8) is 0 Å². The zero-order valence-electron chi connectivity index (χ0n) is 11.9. The van der Waals surface area contributed by atoms with Gasteiger partial charge in [0, 0.05) is 19.0 Å². The summed E-state index contributed by atoms with van der Waals surface area (Å²) in [7, 11) is 2.21. The number of nitrogens with one attached hydrogen (secondary N) is 1. The molecule has 0 aromatic heterocycles. The van der Waals surface area contributed by atoms with E-state index in [-0.39, 0.29) is 5.97 Å². The van der Waals surface area contributed by atoms with Crippen molar-refractivity contribution in [1.82, 2.24) is 10.2 Å². The Morgan fingerprint density at radius 1 is 1.39 bits per heavy atom. The highest BCUT2D eigenvalue weighted by atomic mass is 16.5. The van der Waals surface area contributed by atoms with Gasteiger partial charge >= 0.3 is 5.97 Å². The van der Waals surface area contributed by atoms with E-state index in [4.69, 9.17) is 4.74 Å². The molecule has 1 aliphatic heterocycles. The molecule has 4 heteroatoms. The molecule has 1 saturated heterocycles. The summed E-state index contributed by atoms with van der Waals surface area (Å²) in [4.78, 5) is 13.6. The number of ether oxygens (including phenoxy) is 1. The summed E-state index contributed by atoms with van der Waals surface area (Å²) in [6.45, 7) is 5.78. The molecule has 1 rings (SSSR count). The molecule has 1 N–H and O–H groups in total. The lowest BCUT2D eigenvalue weighted by molar-refractivity contribution is -0.143. The van der Waals surface area contributed by atoms with Crippen LogP contribution in [-0.2, 0) is 9.53 Å². The summed E-state index contributed by atoms with van der Waals surface area (Å²) < 4.78 is 4.91. The monoisotopic (exact) mass is 256 g/mol. The minimum atomic E-state index is -0.0534. The van der Waals surface area contributed by atoms with Gasteiger partial charge in [-0.2, -0.15) is 0 Å². The van der Waals surface area contributed by atoms with Crippen molar-refractivity contribution in [2.45, 2.75) is 51.5 Å². The van der Waals surface area contributed by atoms with E-state index >= 15 is 0 Å². The Kier molecular flexibility index (Phi) is 8.01. The van der Waals surface area contributed by atoms with Crippen LogP contribution in [0.3, 0.4) is 0 Å². The van der Waals surface area contributed by atoms with E-state index < -0.39 is 0 Å². The van der Waals surface area contributed by atoms with Crippen molar-refractivity contribution >= 4 is 5.97 Å². The Bertz CT molecular complexity index is 228. The Balaban J connectivity index is 1.98. The molecule has 0 bridgehead atoms. The Hall–Kier alpha value is -0.610. The molecule has 1 aliphatic rings. The fourth-order valence-corrected chi connectivity index (χ4v) is 2.43. The molecule has 106 valence electrons. The number of esters is 1. The molecule has 1 unspecified atom stereocenters. The summed E-state index contributed by atoms with van der Waals surface area (Å²) in [6, 6.07) is 0.698. The van der Waals surface area contributed by atoms with Gasteiger partial charge in [0.2, 0.25) is 0 Å². The van der Waals surface area contributed by atoms with Gasteiger partial charge < -0.3 is 15.0 Å². The van der Waals surface area contributed by atoms with Crippen molar-refractivity contribution in [1.29, 1.82) is 0 Å². The van der Waals surface area contributed by atoms with Crippen LogP contribution in [0.15, 0.2) is 0 Å². The Morgan fingerprint density at radius 3 is 2.89 bits per heavy atom. The quantitative estimate of drug-likeness (QED) is 0.531. The number of carbonyl (C=O) groups excluding carboxylic acids is 1. The van der Waals surface area contributed by atoms with Crippen molar-refractivity contribution in [2.75, 3.05) is 33.3 Å². The Labute approximate surface area is 111 Å². The molecule has 0 aliphatic carbocycles. The number of hydrogen-bond acceptors (Lipinski definition) is 4. The van der Waals surface area contributed by atoms with Gasteiger partial charge in [0.05, 0.1) is 6.61 Å². The van der Waals surface area contributed by atoms with Crippen LogP contribution in [0.4, 0.5) is 0 Å². The number of rotatable bonds is 8. The van der Waals surface area contributed by atoms with Gasteiger partial charge in [-0.25, -0.2) is 0 Å². The van der Waals surface area contributed by atoms with Crippen LogP contribution in [0.25, 0.3) is 0 Å². The summed E-state index contributed by atoms with van der Waals surface area (Å²) in [5.74, 6) is -0.0534.